The van der Waals surface area contributed by atoms with Crippen LogP contribution in [0.1, 0.15) is 42.3 Å². The Morgan fingerprint density at radius 2 is 2.00 bits per heavy atom. The predicted molar refractivity (Wildman–Crippen MR) is 67.6 cm³/mol. The van der Waals surface area contributed by atoms with Gasteiger partial charge < -0.3 is 9.30 Å². The fourth-order valence-corrected chi connectivity index (χ4v) is 3.74. The molecule has 19 heavy (non-hydrogen) atoms. The molecule has 1 fully saturated rings. The maximum Gasteiger partial charge on any atom is 0.376 e. The van der Waals surface area contributed by atoms with Gasteiger partial charge in [-0.25, -0.2) is 13.2 Å². The van der Waals surface area contributed by atoms with Gasteiger partial charge in [0.25, 0.3) is 0 Å². The fourth-order valence-electron chi connectivity index (χ4n) is 2.28. The van der Waals surface area contributed by atoms with Gasteiger partial charge in [-0.2, -0.15) is 0 Å². The van der Waals surface area contributed by atoms with Gasteiger partial charge >= 0.3 is 5.97 Å². The van der Waals surface area contributed by atoms with Crippen molar-refractivity contribution in [2.24, 2.45) is 0 Å². The number of aryl methyl sites for hydroxylation is 1. The van der Waals surface area contributed by atoms with Crippen LogP contribution < -0.4 is 0 Å². The van der Waals surface area contributed by atoms with Gasteiger partial charge in [-0.05, 0) is 26.7 Å². The molecule has 8 heteroatoms. The van der Waals surface area contributed by atoms with E-state index in [1.165, 1.54) is 0 Å². The summed E-state index contributed by atoms with van der Waals surface area (Å²) in [6.07, 6.45) is 0.960. The first kappa shape index (κ1) is 14.0. The van der Waals surface area contributed by atoms with Crippen molar-refractivity contribution < 1.29 is 17.9 Å². The van der Waals surface area contributed by atoms with Crippen molar-refractivity contribution in [3.63, 3.8) is 0 Å². The van der Waals surface area contributed by atoms with Crippen molar-refractivity contribution in [3.05, 3.63) is 11.6 Å². The predicted octanol–water partition coefficient (Wildman–Crippen LogP) is 0.513. The summed E-state index contributed by atoms with van der Waals surface area (Å²) < 4.78 is 29.5. The van der Waals surface area contributed by atoms with Crippen LogP contribution in [-0.4, -0.2) is 47.3 Å². The minimum absolute atomic E-state index is 0.0575. The second kappa shape index (κ2) is 5.28. The number of aromatic nitrogens is 3. The minimum Gasteiger partial charge on any atom is -0.460 e. The van der Waals surface area contributed by atoms with Gasteiger partial charge in [-0.15, -0.1) is 10.2 Å². The summed E-state index contributed by atoms with van der Waals surface area (Å²) in [4.78, 5) is 11.8. The molecule has 0 atom stereocenters. The maximum absolute atomic E-state index is 11.8. The SMILES string of the molecule is CCOC(=O)c1nnc(C)n1C1CCS(=O)(=O)CC1. The molecular weight excluding hydrogens is 270 g/mol. The van der Waals surface area contributed by atoms with Gasteiger partial charge in [-0.3, -0.25) is 0 Å². The van der Waals surface area contributed by atoms with Crippen molar-refractivity contribution >= 4 is 15.8 Å². The molecule has 0 radical (unpaired) electrons. The third kappa shape index (κ3) is 2.94. The topological polar surface area (TPSA) is 91.2 Å². The standard InChI is InChI=1S/C11H17N3O4S/c1-3-18-11(15)10-13-12-8(2)14(10)9-4-6-19(16,17)7-5-9/h9H,3-7H2,1-2H3. The third-order valence-electron chi connectivity index (χ3n) is 3.21. The van der Waals surface area contributed by atoms with Crippen LogP contribution in [-0.2, 0) is 14.6 Å². The lowest BCUT2D eigenvalue weighted by Gasteiger charge is -2.24. The molecule has 0 aliphatic carbocycles. The first-order valence-electron chi connectivity index (χ1n) is 6.23. The van der Waals surface area contributed by atoms with Gasteiger partial charge in [0.15, 0.2) is 0 Å². The van der Waals surface area contributed by atoms with Gasteiger partial charge in [0, 0.05) is 6.04 Å². The second-order valence-electron chi connectivity index (χ2n) is 4.54. The van der Waals surface area contributed by atoms with Crippen LogP contribution in [0, 0.1) is 6.92 Å². The van der Waals surface area contributed by atoms with Crippen LogP contribution in [0.4, 0.5) is 0 Å². The van der Waals surface area contributed by atoms with E-state index in [2.05, 4.69) is 10.2 Å². The van der Waals surface area contributed by atoms with Gasteiger partial charge in [0.1, 0.15) is 15.7 Å². The van der Waals surface area contributed by atoms with Crippen molar-refractivity contribution in [1.82, 2.24) is 14.8 Å². The Morgan fingerprint density at radius 3 is 2.58 bits per heavy atom. The maximum atomic E-state index is 11.8. The molecule has 1 aliphatic heterocycles. The normalized spacial score (nSPS) is 19.3. The summed E-state index contributed by atoms with van der Waals surface area (Å²) in [5, 5.41) is 7.73. The first-order valence-corrected chi connectivity index (χ1v) is 8.06. The summed E-state index contributed by atoms with van der Waals surface area (Å²) in [7, 11) is -2.93. The molecule has 1 saturated heterocycles. The Morgan fingerprint density at radius 1 is 1.37 bits per heavy atom. The molecule has 1 aromatic rings. The quantitative estimate of drug-likeness (QED) is 0.752. The van der Waals surface area contributed by atoms with Gasteiger partial charge in [0.05, 0.1) is 18.1 Å². The lowest BCUT2D eigenvalue weighted by atomic mass is 10.1. The summed E-state index contributed by atoms with van der Waals surface area (Å²) in [5.41, 5.74) is 0. The molecule has 0 N–H and O–H groups in total. The van der Waals surface area contributed by atoms with Crippen LogP contribution in [0.2, 0.25) is 0 Å². The highest BCUT2D eigenvalue weighted by molar-refractivity contribution is 7.91. The minimum atomic E-state index is -2.93. The second-order valence-corrected chi connectivity index (χ2v) is 6.85. The molecule has 0 bridgehead atoms. The highest BCUT2D eigenvalue weighted by Crippen LogP contribution is 2.26. The zero-order valence-electron chi connectivity index (χ0n) is 11.0. The van der Waals surface area contributed by atoms with Crippen LogP contribution in [0.25, 0.3) is 0 Å². The molecule has 106 valence electrons. The van der Waals surface area contributed by atoms with Crippen LogP contribution in [0.15, 0.2) is 0 Å². The number of hydrogen-bond donors (Lipinski definition) is 0. The highest BCUT2D eigenvalue weighted by Gasteiger charge is 2.29. The number of esters is 1. The lowest BCUT2D eigenvalue weighted by Crippen LogP contribution is -2.28. The Labute approximate surface area is 111 Å². The molecule has 0 aromatic carbocycles. The number of ether oxygens (including phenoxy) is 1. The molecular formula is C11H17N3O4S. The summed E-state index contributed by atoms with van der Waals surface area (Å²) in [6, 6.07) is -0.0575. The van der Waals surface area contributed by atoms with Crippen molar-refractivity contribution in [1.29, 1.82) is 0 Å². The molecule has 0 spiro atoms. The smallest absolute Gasteiger partial charge is 0.376 e. The van der Waals surface area contributed by atoms with Crippen molar-refractivity contribution in [2.45, 2.75) is 32.7 Å². The number of carbonyl (C=O) groups excluding carboxylic acids is 1. The van der Waals surface area contributed by atoms with E-state index in [0.29, 0.717) is 18.7 Å². The third-order valence-corrected chi connectivity index (χ3v) is 4.93. The Hall–Kier alpha value is -1.44. The summed E-state index contributed by atoms with van der Waals surface area (Å²) in [6.45, 7) is 3.74. The van der Waals surface area contributed by atoms with E-state index < -0.39 is 15.8 Å². The largest absolute Gasteiger partial charge is 0.460 e. The average Bonchev–Trinajstić information content (AvgIpc) is 2.72. The van der Waals surface area contributed by atoms with E-state index in [0.717, 1.165) is 0 Å². The Balaban J connectivity index is 2.25. The van der Waals surface area contributed by atoms with Crippen LogP contribution >= 0.6 is 0 Å². The molecule has 2 heterocycles. The Bertz CT molecular complexity index is 565. The lowest BCUT2D eigenvalue weighted by molar-refractivity contribution is 0.0502. The van der Waals surface area contributed by atoms with Crippen LogP contribution in [0.5, 0.6) is 0 Å². The zero-order chi connectivity index (χ0) is 14.0. The van der Waals surface area contributed by atoms with E-state index >= 15 is 0 Å². The van der Waals surface area contributed by atoms with Crippen molar-refractivity contribution in [3.8, 4) is 0 Å². The van der Waals surface area contributed by atoms with E-state index in [1.54, 1.807) is 18.4 Å². The number of rotatable bonds is 3. The monoisotopic (exact) mass is 287 g/mol. The number of nitrogens with zero attached hydrogens (tertiary/aromatic N) is 3. The molecule has 0 unspecified atom stereocenters. The Kier molecular flexibility index (Phi) is 3.88. The number of hydrogen-bond acceptors (Lipinski definition) is 6. The summed E-state index contributed by atoms with van der Waals surface area (Å²) >= 11 is 0. The van der Waals surface area contributed by atoms with Crippen molar-refractivity contribution in [2.75, 3.05) is 18.1 Å². The van der Waals surface area contributed by atoms with E-state index in [1.807, 2.05) is 0 Å². The summed E-state index contributed by atoms with van der Waals surface area (Å²) in [5.74, 6) is 0.516. The average molecular weight is 287 g/mol. The molecule has 0 saturated carbocycles. The molecule has 2 rings (SSSR count). The van der Waals surface area contributed by atoms with Gasteiger partial charge in [-0.1, -0.05) is 0 Å². The molecule has 1 aliphatic rings. The van der Waals surface area contributed by atoms with E-state index in [-0.39, 0.29) is 30.0 Å². The highest BCUT2D eigenvalue weighted by atomic mass is 32.2. The number of carbonyl (C=O) groups is 1. The van der Waals surface area contributed by atoms with Gasteiger partial charge in [0.2, 0.25) is 5.82 Å². The molecule has 0 amide bonds. The number of sulfone groups is 1. The first-order chi connectivity index (χ1) is 8.94. The molecule has 7 nitrogen and oxygen atoms in total. The molecule has 1 aromatic heterocycles. The zero-order valence-corrected chi connectivity index (χ0v) is 11.8. The van der Waals surface area contributed by atoms with E-state index in [9.17, 15) is 13.2 Å². The van der Waals surface area contributed by atoms with Crippen LogP contribution in [0.3, 0.4) is 0 Å². The van der Waals surface area contributed by atoms with E-state index in [4.69, 9.17) is 4.74 Å². The fraction of sp³-hybridized carbons (Fsp3) is 0.727.